The molecule has 1 aromatic heterocycles. The number of anilines is 1. The molecule has 2 heterocycles. The van der Waals surface area contributed by atoms with Gasteiger partial charge >= 0.3 is 0 Å². The molecule has 0 saturated heterocycles. The summed E-state index contributed by atoms with van der Waals surface area (Å²) in [6.07, 6.45) is 1.83. The van der Waals surface area contributed by atoms with Gasteiger partial charge in [-0.05, 0) is 17.7 Å². The van der Waals surface area contributed by atoms with Gasteiger partial charge in [0.2, 0.25) is 6.79 Å². The number of nitrogens with two attached hydrogens (primary N) is 1. The van der Waals surface area contributed by atoms with Gasteiger partial charge in [-0.2, -0.15) is 0 Å². The highest BCUT2D eigenvalue weighted by atomic mass is 32.1. The largest absolute Gasteiger partial charge is 0.454 e. The molecule has 0 bridgehead atoms. The predicted octanol–water partition coefficient (Wildman–Crippen LogP) is 2.10. The van der Waals surface area contributed by atoms with E-state index in [9.17, 15) is 0 Å². The normalized spacial score (nSPS) is 13.0. The average Bonchev–Trinajstić information content (AvgIpc) is 3.13. The maximum atomic E-state index is 5.70. The van der Waals surface area contributed by atoms with E-state index in [1.54, 1.807) is 7.11 Å². The van der Waals surface area contributed by atoms with Crippen molar-refractivity contribution >= 4 is 16.5 Å². The number of nitrogens with zero attached hydrogens (tertiary/aromatic N) is 2. The number of ether oxygens (including phenoxy) is 3. The first-order valence-corrected chi connectivity index (χ1v) is 7.86. The van der Waals surface area contributed by atoms with Crippen molar-refractivity contribution in [3.05, 3.63) is 34.8 Å². The molecule has 0 saturated carbocycles. The zero-order valence-corrected chi connectivity index (χ0v) is 13.3. The summed E-state index contributed by atoms with van der Waals surface area (Å²) in [5, 5.41) is 0.602. The van der Waals surface area contributed by atoms with Crippen molar-refractivity contribution in [2.24, 2.45) is 0 Å². The van der Waals surface area contributed by atoms with E-state index < -0.39 is 0 Å². The van der Waals surface area contributed by atoms with Crippen LogP contribution in [0.5, 0.6) is 11.5 Å². The Morgan fingerprint density at radius 2 is 2.18 bits per heavy atom. The molecule has 22 heavy (non-hydrogen) atoms. The van der Waals surface area contributed by atoms with Gasteiger partial charge in [0, 0.05) is 37.8 Å². The summed E-state index contributed by atoms with van der Waals surface area (Å²) in [5.74, 6) is 1.62. The summed E-state index contributed by atoms with van der Waals surface area (Å²) in [7, 11) is 1.71. The third-order valence-corrected chi connectivity index (χ3v) is 4.22. The van der Waals surface area contributed by atoms with E-state index in [0.29, 0.717) is 18.5 Å². The molecule has 2 N–H and O–H groups in total. The Hall–Kier alpha value is -1.83. The van der Waals surface area contributed by atoms with Crippen molar-refractivity contribution in [3.8, 4) is 11.5 Å². The van der Waals surface area contributed by atoms with Crippen LogP contribution in [0.4, 0.5) is 5.13 Å². The number of thiazole rings is 1. The summed E-state index contributed by atoms with van der Waals surface area (Å²) < 4.78 is 16.0. The Balaban J connectivity index is 1.68. The number of hydrogen-bond donors (Lipinski definition) is 1. The van der Waals surface area contributed by atoms with E-state index in [4.69, 9.17) is 19.9 Å². The summed E-state index contributed by atoms with van der Waals surface area (Å²) in [4.78, 5) is 7.55. The van der Waals surface area contributed by atoms with E-state index >= 15 is 0 Å². The first-order chi connectivity index (χ1) is 10.7. The van der Waals surface area contributed by atoms with Crippen LogP contribution < -0.4 is 15.2 Å². The summed E-state index contributed by atoms with van der Waals surface area (Å²) >= 11 is 1.52. The van der Waals surface area contributed by atoms with Crippen LogP contribution in [0.15, 0.2) is 24.4 Å². The van der Waals surface area contributed by atoms with Crippen molar-refractivity contribution in [1.29, 1.82) is 0 Å². The lowest BCUT2D eigenvalue weighted by molar-refractivity contribution is 0.140. The van der Waals surface area contributed by atoms with Crippen molar-refractivity contribution in [3.63, 3.8) is 0 Å². The van der Waals surface area contributed by atoms with Gasteiger partial charge in [-0.15, -0.1) is 11.3 Å². The molecule has 0 atom stereocenters. The van der Waals surface area contributed by atoms with Crippen LogP contribution in [0.2, 0.25) is 0 Å². The highest BCUT2D eigenvalue weighted by Crippen LogP contribution is 2.33. The quantitative estimate of drug-likeness (QED) is 0.842. The van der Waals surface area contributed by atoms with Crippen LogP contribution in [-0.4, -0.2) is 36.9 Å². The van der Waals surface area contributed by atoms with Gasteiger partial charge < -0.3 is 19.9 Å². The van der Waals surface area contributed by atoms with Gasteiger partial charge in [-0.1, -0.05) is 6.07 Å². The summed E-state index contributed by atoms with van der Waals surface area (Å²) in [5.41, 5.74) is 6.88. The predicted molar refractivity (Wildman–Crippen MR) is 85.1 cm³/mol. The summed E-state index contributed by atoms with van der Waals surface area (Å²) in [6, 6.07) is 6.05. The van der Waals surface area contributed by atoms with Crippen molar-refractivity contribution in [2.45, 2.75) is 13.1 Å². The molecule has 0 fully saturated rings. The maximum absolute atomic E-state index is 5.70. The number of nitrogen functional groups attached to an aromatic ring is 1. The van der Waals surface area contributed by atoms with E-state index in [1.807, 2.05) is 18.3 Å². The summed E-state index contributed by atoms with van der Waals surface area (Å²) in [6.45, 7) is 3.42. The monoisotopic (exact) mass is 321 g/mol. The Bertz CT molecular complexity index is 632. The molecule has 0 aliphatic carbocycles. The molecular formula is C15H19N3O3S. The first-order valence-electron chi connectivity index (χ1n) is 7.04. The van der Waals surface area contributed by atoms with Crippen LogP contribution in [0.25, 0.3) is 0 Å². The van der Waals surface area contributed by atoms with E-state index in [1.165, 1.54) is 16.9 Å². The SMILES string of the molecule is COCCN(Cc1ccc2c(c1)OCO2)Cc1cnc(N)s1. The highest BCUT2D eigenvalue weighted by Gasteiger charge is 2.15. The fraction of sp³-hybridized carbons (Fsp3) is 0.400. The van der Waals surface area contributed by atoms with E-state index in [2.05, 4.69) is 16.0 Å². The molecule has 1 aliphatic heterocycles. The first kappa shape index (κ1) is 15.1. The molecule has 3 rings (SSSR count). The molecule has 1 aromatic carbocycles. The third-order valence-electron chi connectivity index (χ3n) is 3.41. The van der Waals surface area contributed by atoms with Crippen LogP contribution in [0.1, 0.15) is 10.4 Å². The average molecular weight is 321 g/mol. The zero-order valence-electron chi connectivity index (χ0n) is 12.4. The molecule has 0 spiro atoms. The number of fused-ring (bicyclic) bond motifs is 1. The number of aromatic nitrogens is 1. The van der Waals surface area contributed by atoms with Gasteiger partial charge in [0.25, 0.3) is 0 Å². The van der Waals surface area contributed by atoms with Crippen LogP contribution >= 0.6 is 11.3 Å². The van der Waals surface area contributed by atoms with Crippen molar-refractivity contribution in [2.75, 3.05) is 32.8 Å². The Morgan fingerprint density at radius 3 is 2.95 bits per heavy atom. The van der Waals surface area contributed by atoms with Gasteiger partial charge in [0.05, 0.1) is 6.61 Å². The molecule has 0 radical (unpaired) electrons. The minimum atomic E-state index is 0.298. The van der Waals surface area contributed by atoms with Crippen LogP contribution in [0.3, 0.4) is 0 Å². The third kappa shape index (κ3) is 3.68. The molecule has 1 aliphatic rings. The minimum Gasteiger partial charge on any atom is -0.454 e. The van der Waals surface area contributed by atoms with Crippen molar-refractivity contribution in [1.82, 2.24) is 9.88 Å². The number of hydrogen-bond acceptors (Lipinski definition) is 7. The van der Waals surface area contributed by atoms with E-state index in [0.717, 1.165) is 36.0 Å². The highest BCUT2D eigenvalue weighted by molar-refractivity contribution is 7.15. The van der Waals surface area contributed by atoms with Crippen LogP contribution in [-0.2, 0) is 17.8 Å². The molecule has 7 heteroatoms. The fourth-order valence-corrected chi connectivity index (χ4v) is 3.07. The van der Waals surface area contributed by atoms with Crippen LogP contribution in [0, 0.1) is 0 Å². The van der Waals surface area contributed by atoms with Gasteiger partial charge in [0.15, 0.2) is 16.6 Å². The van der Waals surface area contributed by atoms with Gasteiger partial charge in [-0.25, -0.2) is 4.98 Å². The number of methoxy groups -OCH3 is 1. The second kappa shape index (κ2) is 6.95. The Kier molecular flexibility index (Phi) is 4.77. The molecule has 0 amide bonds. The lowest BCUT2D eigenvalue weighted by Gasteiger charge is -2.21. The standard InChI is InChI=1S/C15H19N3O3S/c1-19-5-4-18(9-12-7-17-15(16)22-12)8-11-2-3-13-14(6-11)21-10-20-13/h2-3,6-7H,4-5,8-10H2,1H3,(H2,16,17). The zero-order chi connectivity index (χ0) is 15.4. The Morgan fingerprint density at radius 1 is 1.32 bits per heavy atom. The smallest absolute Gasteiger partial charge is 0.231 e. The molecule has 0 unspecified atom stereocenters. The lowest BCUT2D eigenvalue weighted by Crippen LogP contribution is -2.26. The fourth-order valence-electron chi connectivity index (χ4n) is 2.35. The molecular weight excluding hydrogens is 302 g/mol. The maximum Gasteiger partial charge on any atom is 0.231 e. The van der Waals surface area contributed by atoms with Crippen molar-refractivity contribution < 1.29 is 14.2 Å². The molecule has 118 valence electrons. The molecule has 6 nitrogen and oxygen atoms in total. The van der Waals surface area contributed by atoms with E-state index in [-0.39, 0.29) is 0 Å². The second-order valence-corrected chi connectivity index (χ2v) is 6.20. The lowest BCUT2D eigenvalue weighted by atomic mass is 10.2. The second-order valence-electron chi connectivity index (χ2n) is 5.06. The Labute approximate surface area is 133 Å². The number of rotatable bonds is 7. The molecule has 2 aromatic rings. The number of benzene rings is 1. The minimum absolute atomic E-state index is 0.298. The van der Waals surface area contributed by atoms with Gasteiger partial charge in [-0.3, -0.25) is 4.90 Å². The van der Waals surface area contributed by atoms with Gasteiger partial charge in [0.1, 0.15) is 0 Å². The topological polar surface area (TPSA) is 69.8 Å².